The van der Waals surface area contributed by atoms with Gasteiger partial charge in [0.15, 0.2) is 0 Å². The van der Waals surface area contributed by atoms with E-state index in [4.69, 9.17) is 5.73 Å². The molecule has 1 fully saturated rings. The summed E-state index contributed by atoms with van der Waals surface area (Å²) in [6.45, 7) is 6.19. The summed E-state index contributed by atoms with van der Waals surface area (Å²) in [5.74, 6) is 0.534. The maximum atomic E-state index is 12.9. The highest BCUT2D eigenvalue weighted by molar-refractivity contribution is 5.21. The Hall–Kier alpha value is -0.930. The van der Waals surface area contributed by atoms with Crippen LogP contribution in [-0.2, 0) is 0 Å². The van der Waals surface area contributed by atoms with E-state index in [0.29, 0.717) is 12.6 Å². The second-order valence-electron chi connectivity index (χ2n) is 5.19. The molecule has 1 saturated heterocycles. The highest BCUT2D eigenvalue weighted by Gasteiger charge is 2.31. The Labute approximate surface area is 103 Å². The van der Waals surface area contributed by atoms with Crippen molar-refractivity contribution in [1.82, 2.24) is 4.90 Å². The van der Waals surface area contributed by atoms with Crippen LogP contribution in [0.2, 0.25) is 0 Å². The van der Waals surface area contributed by atoms with Crippen molar-refractivity contribution in [2.24, 2.45) is 11.7 Å². The van der Waals surface area contributed by atoms with Crippen molar-refractivity contribution in [2.75, 3.05) is 13.1 Å². The number of likely N-dealkylation sites (tertiary alicyclic amines) is 1. The minimum atomic E-state index is -0.188. The predicted molar refractivity (Wildman–Crippen MR) is 68.1 cm³/mol. The largest absolute Gasteiger partial charge is 0.329 e. The third-order valence-electron chi connectivity index (χ3n) is 3.71. The number of nitrogens with zero attached hydrogens (tertiary/aromatic N) is 1. The monoisotopic (exact) mass is 236 g/mol. The molecule has 2 nitrogen and oxygen atoms in total. The number of hydrogen-bond donors (Lipinski definition) is 1. The molecule has 1 aliphatic heterocycles. The number of hydrogen-bond acceptors (Lipinski definition) is 2. The van der Waals surface area contributed by atoms with Gasteiger partial charge in [0.2, 0.25) is 0 Å². The van der Waals surface area contributed by atoms with Gasteiger partial charge in [0.1, 0.15) is 5.82 Å². The van der Waals surface area contributed by atoms with Gasteiger partial charge >= 0.3 is 0 Å². The van der Waals surface area contributed by atoms with Gasteiger partial charge < -0.3 is 5.73 Å². The summed E-state index contributed by atoms with van der Waals surface area (Å²) in [6.07, 6.45) is 1.22. The summed E-state index contributed by atoms with van der Waals surface area (Å²) in [7, 11) is 0. The molecule has 0 aromatic heterocycles. The lowest BCUT2D eigenvalue weighted by Gasteiger charge is -2.31. The van der Waals surface area contributed by atoms with Crippen LogP contribution in [-0.4, -0.2) is 24.0 Å². The van der Waals surface area contributed by atoms with E-state index >= 15 is 0 Å². The minimum absolute atomic E-state index is 0.188. The molecule has 1 heterocycles. The number of benzene rings is 1. The molecule has 1 aliphatic rings. The van der Waals surface area contributed by atoms with E-state index in [-0.39, 0.29) is 11.9 Å². The van der Waals surface area contributed by atoms with Gasteiger partial charge in [-0.3, -0.25) is 4.90 Å². The Morgan fingerprint density at radius 1 is 1.35 bits per heavy atom. The van der Waals surface area contributed by atoms with E-state index in [1.54, 1.807) is 0 Å². The second-order valence-corrected chi connectivity index (χ2v) is 5.19. The molecule has 2 N–H and O–H groups in total. The quantitative estimate of drug-likeness (QED) is 0.874. The van der Waals surface area contributed by atoms with E-state index in [0.717, 1.165) is 18.0 Å². The minimum Gasteiger partial charge on any atom is -0.329 e. The summed E-state index contributed by atoms with van der Waals surface area (Å²) >= 11 is 0. The van der Waals surface area contributed by atoms with Gasteiger partial charge in [-0.15, -0.1) is 0 Å². The predicted octanol–water partition coefficient (Wildman–Crippen LogP) is 2.56. The van der Waals surface area contributed by atoms with Gasteiger partial charge in [0.05, 0.1) is 0 Å². The summed E-state index contributed by atoms with van der Waals surface area (Å²) in [5.41, 5.74) is 7.02. The van der Waals surface area contributed by atoms with Gasteiger partial charge in [-0.05, 0) is 37.0 Å². The fourth-order valence-electron chi connectivity index (χ4n) is 2.91. The van der Waals surface area contributed by atoms with Gasteiger partial charge in [-0.2, -0.15) is 0 Å². The van der Waals surface area contributed by atoms with Gasteiger partial charge in [-0.1, -0.05) is 19.1 Å². The second kappa shape index (κ2) is 5.15. The molecule has 17 heavy (non-hydrogen) atoms. The van der Waals surface area contributed by atoms with Crippen molar-refractivity contribution in [3.05, 3.63) is 35.6 Å². The molecule has 1 aromatic carbocycles. The van der Waals surface area contributed by atoms with Crippen LogP contribution in [0.3, 0.4) is 0 Å². The molecule has 0 saturated carbocycles. The molecule has 0 bridgehead atoms. The zero-order valence-electron chi connectivity index (χ0n) is 10.6. The normalized spacial score (nSPS) is 27.3. The first-order valence-electron chi connectivity index (χ1n) is 6.33. The van der Waals surface area contributed by atoms with Crippen molar-refractivity contribution >= 4 is 0 Å². The summed E-state index contributed by atoms with van der Waals surface area (Å²) in [4.78, 5) is 2.44. The molecule has 3 heteroatoms. The lowest BCUT2D eigenvalue weighted by molar-refractivity contribution is 0.192. The lowest BCUT2D eigenvalue weighted by Crippen LogP contribution is -2.36. The van der Waals surface area contributed by atoms with Gasteiger partial charge in [0.25, 0.3) is 0 Å². The Morgan fingerprint density at radius 3 is 2.47 bits per heavy atom. The van der Waals surface area contributed by atoms with E-state index in [1.807, 2.05) is 12.1 Å². The van der Waals surface area contributed by atoms with Crippen LogP contribution in [0, 0.1) is 11.7 Å². The van der Waals surface area contributed by atoms with E-state index in [9.17, 15) is 4.39 Å². The molecule has 0 radical (unpaired) electrons. The van der Waals surface area contributed by atoms with Crippen molar-refractivity contribution < 1.29 is 4.39 Å². The summed E-state index contributed by atoms with van der Waals surface area (Å²) in [5, 5.41) is 0. The zero-order chi connectivity index (χ0) is 12.4. The fourth-order valence-corrected chi connectivity index (χ4v) is 2.91. The van der Waals surface area contributed by atoms with Crippen molar-refractivity contribution in [3.63, 3.8) is 0 Å². The Morgan fingerprint density at radius 2 is 2.00 bits per heavy atom. The average Bonchev–Trinajstić information content (AvgIpc) is 2.62. The first kappa shape index (κ1) is 12.5. The third kappa shape index (κ3) is 2.67. The van der Waals surface area contributed by atoms with Crippen LogP contribution in [0.15, 0.2) is 24.3 Å². The molecule has 3 atom stereocenters. The van der Waals surface area contributed by atoms with Crippen LogP contribution in [0.25, 0.3) is 0 Å². The Bertz CT molecular complexity index is 363. The Balaban J connectivity index is 2.18. The highest BCUT2D eigenvalue weighted by Crippen LogP contribution is 2.31. The van der Waals surface area contributed by atoms with Crippen LogP contribution >= 0.6 is 0 Å². The number of halogens is 1. The lowest BCUT2D eigenvalue weighted by atomic mass is 10.0. The van der Waals surface area contributed by atoms with Crippen LogP contribution < -0.4 is 5.73 Å². The average molecular weight is 236 g/mol. The Kier molecular flexibility index (Phi) is 3.79. The first-order chi connectivity index (χ1) is 8.11. The number of nitrogens with two attached hydrogens (primary N) is 1. The maximum absolute atomic E-state index is 12.9. The van der Waals surface area contributed by atoms with Crippen LogP contribution in [0.5, 0.6) is 0 Å². The van der Waals surface area contributed by atoms with Crippen molar-refractivity contribution in [1.29, 1.82) is 0 Å². The first-order valence-corrected chi connectivity index (χ1v) is 6.33. The molecule has 3 unspecified atom stereocenters. The SMILES string of the molecule is CC1CC(C)N(C(CN)c2ccc(F)cc2)C1. The number of rotatable bonds is 3. The van der Waals surface area contributed by atoms with E-state index in [1.165, 1.54) is 18.6 Å². The van der Waals surface area contributed by atoms with Gasteiger partial charge in [0, 0.05) is 25.2 Å². The molecule has 0 spiro atoms. The topological polar surface area (TPSA) is 29.3 Å². The summed E-state index contributed by atoms with van der Waals surface area (Å²) < 4.78 is 12.9. The molecule has 94 valence electrons. The van der Waals surface area contributed by atoms with Crippen molar-refractivity contribution in [2.45, 2.75) is 32.4 Å². The molecular formula is C14H21FN2. The van der Waals surface area contributed by atoms with Crippen LogP contribution in [0.4, 0.5) is 4.39 Å². The standard InChI is InChI=1S/C14H21FN2/c1-10-7-11(2)17(9-10)14(8-16)12-3-5-13(15)6-4-12/h3-6,10-11,14H,7-9,16H2,1-2H3. The molecule has 0 amide bonds. The maximum Gasteiger partial charge on any atom is 0.123 e. The third-order valence-corrected chi connectivity index (χ3v) is 3.71. The van der Waals surface area contributed by atoms with Crippen LogP contribution in [0.1, 0.15) is 31.9 Å². The molecule has 2 rings (SSSR count). The fraction of sp³-hybridized carbons (Fsp3) is 0.571. The molecule has 1 aromatic rings. The van der Waals surface area contributed by atoms with Gasteiger partial charge in [-0.25, -0.2) is 4.39 Å². The van der Waals surface area contributed by atoms with E-state index < -0.39 is 0 Å². The van der Waals surface area contributed by atoms with Crippen molar-refractivity contribution in [3.8, 4) is 0 Å². The zero-order valence-corrected chi connectivity index (χ0v) is 10.6. The smallest absolute Gasteiger partial charge is 0.123 e. The van der Waals surface area contributed by atoms with E-state index in [2.05, 4.69) is 18.7 Å². The molecular weight excluding hydrogens is 215 g/mol. The molecule has 0 aliphatic carbocycles. The highest BCUT2D eigenvalue weighted by atomic mass is 19.1. The summed E-state index contributed by atoms with van der Waals surface area (Å²) in [6, 6.07) is 7.51.